The van der Waals surface area contributed by atoms with Crippen molar-refractivity contribution in [3.05, 3.63) is 12.4 Å². The van der Waals surface area contributed by atoms with Crippen molar-refractivity contribution in [2.75, 3.05) is 56.4 Å². The van der Waals surface area contributed by atoms with Crippen LogP contribution in [-0.2, 0) is 19.6 Å². The van der Waals surface area contributed by atoms with Gasteiger partial charge < -0.3 is 15.0 Å². The lowest BCUT2D eigenvalue weighted by molar-refractivity contribution is -0.116. The van der Waals surface area contributed by atoms with Gasteiger partial charge in [-0.3, -0.25) is 4.79 Å². The molecular formula is C12H19N5O4S. The second-order valence-electron chi connectivity index (χ2n) is 4.94. The van der Waals surface area contributed by atoms with Crippen LogP contribution in [0, 0.1) is 0 Å². The smallest absolute Gasteiger partial charge is 0.239 e. The third kappa shape index (κ3) is 4.61. The average molecular weight is 329 g/mol. The first-order valence-electron chi connectivity index (χ1n) is 6.72. The Morgan fingerprint density at radius 3 is 2.50 bits per heavy atom. The number of nitrogens with zero attached hydrogens (tertiary/aromatic N) is 4. The number of aromatic nitrogens is 2. The molecule has 2 heterocycles. The van der Waals surface area contributed by atoms with Gasteiger partial charge in [0.25, 0.3) is 0 Å². The standard InChI is InChI=1S/C12H19N5O4S/c1-16(22(2,19)20)9-11(18)15-10-7-13-12(14-8-10)17-3-5-21-6-4-17/h7-8H,3-6,9H2,1-2H3,(H,15,18). The van der Waals surface area contributed by atoms with Gasteiger partial charge in [-0.1, -0.05) is 0 Å². The zero-order valence-corrected chi connectivity index (χ0v) is 13.3. The van der Waals surface area contributed by atoms with Crippen LogP contribution < -0.4 is 10.2 Å². The zero-order chi connectivity index (χ0) is 16.2. The second kappa shape index (κ2) is 6.99. The highest BCUT2D eigenvalue weighted by Gasteiger charge is 2.16. The van der Waals surface area contributed by atoms with Crippen molar-refractivity contribution in [2.24, 2.45) is 0 Å². The number of ether oxygens (including phenoxy) is 1. The van der Waals surface area contributed by atoms with Crippen LogP contribution in [0.15, 0.2) is 12.4 Å². The largest absolute Gasteiger partial charge is 0.378 e. The number of hydrogen-bond donors (Lipinski definition) is 1. The van der Waals surface area contributed by atoms with E-state index in [1.54, 1.807) is 0 Å². The van der Waals surface area contributed by atoms with Gasteiger partial charge in [-0.05, 0) is 0 Å². The van der Waals surface area contributed by atoms with Crippen molar-refractivity contribution < 1.29 is 17.9 Å². The molecule has 0 atom stereocenters. The summed E-state index contributed by atoms with van der Waals surface area (Å²) in [7, 11) is -2.05. The summed E-state index contributed by atoms with van der Waals surface area (Å²) in [5, 5.41) is 2.56. The maximum atomic E-state index is 11.8. The van der Waals surface area contributed by atoms with E-state index in [9.17, 15) is 13.2 Å². The van der Waals surface area contributed by atoms with E-state index in [0.29, 0.717) is 24.8 Å². The second-order valence-corrected chi connectivity index (χ2v) is 7.03. The molecule has 1 fully saturated rings. The quantitative estimate of drug-likeness (QED) is 0.749. The number of carbonyl (C=O) groups is 1. The third-order valence-electron chi connectivity index (χ3n) is 3.15. The monoisotopic (exact) mass is 329 g/mol. The molecule has 0 aromatic carbocycles. The summed E-state index contributed by atoms with van der Waals surface area (Å²) in [4.78, 5) is 22.1. The lowest BCUT2D eigenvalue weighted by Gasteiger charge is -2.26. The molecule has 2 rings (SSSR count). The lowest BCUT2D eigenvalue weighted by atomic mass is 10.4. The number of nitrogens with one attached hydrogen (secondary N) is 1. The van der Waals surface area contributed by atoms with Crippen LogP contribution >= 0.6 is 0 Å². The van der Waals surface area contributed by atoms with Crippen LogP contribution in [0.2, 0.25) is 0 Å². The summed E-state index contributed by atoms with van der Waals surface area (Å²) < 4.78 is 28.7. The minimum atomic E-state index is -3.39. The molecule has 0 aliphatic carbocycles. The average Bonchev–Trinajstić information content (AvgIpc) is 2.48. The van der Waals surface area contributed by atoms with Crippen molar-refractivity contribution >= 4 is 27.6 Å². The SMILES string of the molecule is CN(CC(=O)Nc1cnc(N2CCOCC2)nc1)S(C)(=O)=O. The molecule has 0 bridgehead atoms. The Hall–Kier alpha value is -1.78. The van der Waals surface area contributed by atoms with Crippen molar-refractivity contribution in [2.45, 2.75) is 0 Å². The van der Waals surface area contributed by atoms with Gasteiger partial charge in [0.05, 0.1) is 44.1 Å². The minimum absolute atomic E-state index is 0.260. The van der Waals surface area contributed by atoms with Gasteiger partial charge in [-0.25, -0.2) is 18.4 Å². The normalized spacial score (nSPS) is 15.9. The molecule has 0 unspecified atom stereocenters. The molecule has 0 saturated carbocycles. The summed E-state index contributed by atoms with van der Waals surface area (Å²) >= 11 is 0. The molecule has 1 saturated heterocycles. The molecule has 1 aromatic heterocycles. The Balaban J connectivity index is 1.92. The molecule has 9 nitrogen and oxygen atoms in total. The molecule has 0 radical (unpaired) electrons. The third-order valence-corrected chi connectivity index (χ3v) is 4.41. The van der Waals surface area contributed by atoms with Gasteiger partial charge in [0.2, 0.25) is 21.9 Å². The fraction of sp³-hybridized carbons (Fsp3) is 0.583. The number of amides is 1. The minimum Gasteiger partial charge on any atom is -0.378 e. The highest BCUT2D eigenvalue weighted by atomic mass is 32.2. The maximum Gasteiger partial charge on any atom is 0.239 e. The highest BCUT2D eigenvalue weighted by Crippen LogP contribution is 2.11. The van der Waals surface area contributed by atoms with Crippen LogP contribution in [0.1, 0.15) is 0 Å². The molecule has 0 spiro atoms. The van der Waals surface area contributed by atoms with Crippen LogP contribution in [0.4, 0.5) is 11.6 Å². The molecular weight excluding hydrogens is 310 g/mol. The first-order valence-corrected chi connectivity index (χ1v) is 8.57. The Morgan fingerprint density at radius 2 is 1.95 bits per heavy atom. The molecule has 1 N–H and O–H groups in total. The number of anilines is 2. The Bertz CT molecular complexity index is 613. The predicted octanol–water partition coefficient (Wildman–Crippen LogP) is -0.857. The van der Waals surface area contributed by atoms with Gasteiger partial charge in [-0.2, -0.15) is 4.31 Å². The fourth-order valence-corrected chi connectivity index (χ4v) is 2.18. The van der Waals surface area contributed by atoms with E-state index in [0.717, 1.165) is 23.7 Å². The van der Waals surface area contributed by atoms with E-state index >= 15 is 0 Å². The van der Waals surface area contributed by atoms with E-state index in [1.165, 1.54) is 19.4 Å². The predicted molar refractivity (Wildman–Crippen MR) is 81.2 cm³/mol. The van der Waals surface area contributed by atoms with E-state index in [-0.39, 0.29) is 6.54 Å². The maximum absolute atomic E-state index is 11.8. The lowest BCUT2D eigenvalue weighted by Crippen LogP contribution is -2.37. The number of hydrogen-bond acceptors (Lipinski definition) is 7. The van der Waals surface area contributed by atoms with Gasteiger partial charge in [-0.15, -0.1) is 0 Å². The molecule has 1 amide bonds. The van der Waals surface area contributed by atoms with Gasteiger partial charge in [0.1, 0.15) is 0 Å². The van der Waals surface area contributed by atoms with E-state index in [2.05, 4.69) is 15.3 Å². The first kappa shape index (κ1) is 16.6. The summed E-state index contributed by atoms with van der Waals surface area (Å²) in [5.74, 6) is 0.130. The summed E-state index contributed by atoms with van der Waals surface area (Å²) in [6.07, 6.45) is 4.03. The molecule has 1 aliphatic heterocycles. The van der Waals surface area contributed by atoms with E-state index < -0.39 is 15.9 Å². The number of carbonyl (C=O) groups excluding carboxylic acids is 1. The van der Waals surface area contributed by atoms with Crippen LogP contribution in [-0.4, -0.2) is 74.7 Å². The van der Waals surface area contributed by atoms with Crippen LogP contribution in [0.25, 0.3) is 0 Å². The van der Waals surface area contributed by atoms with Crippen molar-refractivity contribution in [1.82, 2.24) is 14.3 Å². The zero-order valence-electron chi connectivity index (χ0n) is 12.5. The fourth-order valence-electron chi connectivity index (χ4n) is 1.83. The van der Waals surface area contributed by atoms with Crippen molar-refractivity contribution in [3.8, 4) is 0 Å². The Morgan fingerprint density at radius 1 is 1.36 bits per heavy atom. The molecule has 1 aromatic rings. The van der Waals surface area contributed by atoms with Crippen LogP contribution in [0.3, 0.4) is 0 Å². The van der Waals surface area contributed by atoms with Gasteiger partial charge >= 0.3 is 0 Å². The number of morpholine rings is 1. The Kier molecular flexibility index (Phi) is 5.27. The number of likely N-dealkylation sites (N-methyl/N-ethyl adjacent to an activating group) is 1. The molecule has 1 aliphatic rings. The Labute approximate surface area is 129 Å². The molecule has 22 heavy (non-hydrogen) atoms. The molecule has 122 valence electrons. The van der Waals surface area contributed by atoms with Crippen LogP contribution in [0.5, 0.6) is 0 Å². The molecule has 10 heteroatoms. The van der Waals surface area contributed by atoms with Crippen molar-refractivity contribution in [1.29, 1.82) is 0 Å². The van der Waals surface area contributed by atoms with Crippen molar-refractivity contribution in [3.63, 3.8) is 0 Å². The first-order chi connectivity index (χ1) is 10.4. The number of sulfonamides is 1. The van der Waals surface area contributed by atoms with Gasteiger partial charge in [0, 0.05) is 20.1 Å². The van der Waals surface area contributed by atoms with E-state index in [4.69, 9.17) is 4.74 Å². The summed E-state index contributed by atoms with van der Waals surface area (Å²) in [5.41, 5.74) is 0.420. The van der Waals surface area contributed by atoms with E-state index in [1.807, 2.05) is 4.90 Å². The van der Waals surface area contributed by atoms with Gasteiger partial charge in [0.15, 0.2) is 0 Å². The number of rotatable bonds is 5. The highest BCUT2D eigenvalue weighted by molar-refractivity contribution is 7.88. The topological polar surface area (TPSA) is 105 Å². The summed E-state index contributed by atoms with van der Waals surface area (Å²) in [6, 6.07) is 0. The summed E-state index contributed by atoms with van der Waals surface area (Å²) in [6.45, 7) is 2.47.